The zero-order valence-corrected chi connectivity index (χ0v) is 21.5. The number of hydrogen-bond acceptors (Lipinski definition) is 5. The number of hydrogen-bond donors (Lipinski definition) is 3. The van der Waals surface area contributed by atoms with Gasteiger partial charge in [0, 0.05) is 24.3 Å². The first-order valence-electron chi connectivity index (χ1n) is 12.5. The van der Waals surface area contributed by atoms with E-state index < -0.39 is 16.1 Å². The number of piperidine rings is 1. The van der Waals surface area contributed by atoms with Crippen LogP contribution in [-0.2, 0) is 21.2 Å². The Morgan fingerprint density at radius 3 is 2.57 bits per heavy atom. The molecule has 37 heavy (non-hydrogen) atoms. The van der Waals surface area contributed by atoms with Crippen LogP contribution in [0.5, 0.6) is 0 Å². The average Bonchev–Trinajstić information content (AvgIpc) is 3.37. The lowest BCUT2D eigenvalue weighted by atomic mass is 9.98. The van der Waals surface area contributed by atoms with E-state index in [4.69, 9.17) is 5.73 Å². The number of sulfonamides is 1. The maximum absolute atomic E-state index is 13.6. The highest BCUT2D eigenvalue weighted by Crippen LogP contribution is 2.27. The summed E-state index contributed by atoms with van der Waals surface area (Å²) in [6, 6.07) is 18.7. The Morgan fingerprint density at radius 2 is 1.84 bits per heavy atom. The molecule has 9 heteroatoms. The van der Waals surface area contributed by atoms with Gasteiger partial charge in [-0.2, -0.15) is 4.72 Å². The number of imidazole rings is 1. The van der Waals surface area contributed by atoms with Crippen molar-refractivity contribution in [2.75, 3.05) is 18.8 Å². The van der Waals surface area contributed by atoms with Crippen molar-refractivity contribution in [1.82, 2.24) is 19.6 Å². The van der Waals surface area contributed by atoms with Gasteiger partial charge in [-0.15, -0.1) is 0 Å². The molecular formula is C28H31N5O3S. The molecular weight excluding hydrogens is 486 g/mol. The van der Waals surface area contributed by atoms with Gasteiger partial charge in [-0.1, -0.05) is 43.3 Å². The van der Waals surface area contributed by atoms with Crippen LogP contribution in [0.25, 0.3) is 22.2 Å². The summed E-state index contributed by atoms with van der Waals surface area (Å²) in [5.41, 5.74) is 10.9. The topological polar surface area (TPSA) is 121 Å². The van der Waals surface area contributed by atoms with E-state index in [9.17, 15) is 13.2 Å². The zero-order valence-electron chi connectivity index (χ0n) is 20.7. The lowest BCUT2D eigenvalue weighted by Crippen LogP contribution is -2.51. The predicted molar refractivity (Wildman–Crippen MR) is 145 cm³/mol. The second-order valence-electron chi connectivity index (χ2n) is 9.75. The van der Waals surface area contributed by atoms with Crippen molar-refractivity contribution >= 4 is 32.7 Å². The third-order valence-electron chi connectivity index (χ3n) is 7.05. The number of para-hydroxylation sites is 1. The number of benzene rings is 3. The van der Waals surface area contributed by atoms with Crippen LogP contribution in [0, 0.1) is 5.92 Å². The van der Waals surface area contributed by atoms with Crippen molar-refractivity contribution in [3.05, 3.63) is 78.6 Å². The summed E-state index contributed by atoms with van der Waals surface area (Å²) in [6.07, 6.45) is 3.67. The van der Waals surface area contributed by atoms with E-state index in [0.29, 0.717) is 24.7 Å². The molecule has 1 amide bonds. The van der Waals surface area contributed by atoms with E-state index in [1.807, 2.05) is 36.4 Å². The standard InChI is InChI=1S/C28H31N5O3S/c1-19-12-14-33(15-13-19)28(34)27(17-20-6-11-25-26(16-20)31-18-30-25)32-37(35,36)22-9-7-21(8-10-22)23-4-2-3-5-24(23)29/h2-11,16,18-19,27,32H,12-15,17,29H2,1H3,(H,30,31). The molecule has 1 aliphatic rings. The van der Waals surface area contributed by atoms with Gasteiger partial charge < -0.3 is 15.6 Å². The lowest BCUT2D eigenvalue weighted by Gasteiger charge is -2.33. The fraction of sp³-hybridized carbons (Fsp3) is 0.286. The number of nitrogen functional groups attached to an aromatic ring is 1. The smallest absolute Gasteiger partial charge is 0.241 e. The van der Waals surface area contributed by atoms with Gasteiger partial charge in [0.1, 0.15) is 6.04 Å². The minimum absolute atomic E-state index is 0.0971. The molecule has 1 unspecified atom stereocenters. The average molecular weight is 518 g/mol. The van der Waals surface area contributed by atoms with Crippen LogP contribution < -0.4 is 10.5 Å². The number of carbonyl (C=O) groups excluding carboxylic acids is 1. The Kier molecular flexibility index (Phi) is 6.99. The number of nitrogens with one attached hydrogen (secondary N) is 2. The van der Waals surface area contributed by atoms with Gasteiger partial charge in [-0.3, -0.25) is 4.79 Å². The highest BCUT2D eigenvalue weighted by molar-refractivity contribution is 7.89. The summed E-state index contributed by atoms with van der Waals surface area (Å²) in [7, 11) is -3.96. The molecule has 0 bridgehead atoms. The van der Waals surface area contributed by atoms with Crippen LogP contribution in [0.2, 0.25) is 0 Å². The Labute approximate surface area is 217 Å². The minimum Gasteiger partial charge on any atom is -0.398 e. The van der Waals surface area contributed by atoms with E-state index in [2.05, 4.69) is 21.6 Å². The Balaban J connectivity index is 1.40. The summed E-state index contributed by atoms with van der Waals surface area (Å²) < 4.78 is 29.6. The van der Waals surface area contributed by atoms with E-state index in [1.54, 1.807) is 41.6 Å². The Bertz CT molecular complexity index is 1510. The van der Waals surface area contributed by atoms with Crippen molar-refractivity contribution in [3.8, 4) is 11.1 Å². The number of aromatic amines is 1. The largest absolute Gasteiger partial charge is 0.398 e. The van der Waals surface area contributed by atoms with E-state index in [-0.39, 0.29) is 17.2 Å². The maximum Gasteiger partial charge on any atom is 0.241 e. The lowest BCUT2D eigenvalue weighted by molar-refractivity contribution is -0.134. The first-order valence-corrected chi connectivity index (χ1v) is 14.0. The number of nitrogens with two attached hydrogens (primary N) is 1. The van der Waals surface area contributed by atoms with Gasteiger partial charge in [-0.25, -0.2) is 13.4 Å². The quantitative estimate of drug-likeness (QED) is 0.321. The first-order chi connectivity index (χ1) is 17.8. The van der Waals surface area contributed by atoms with Gasteiger partial charge >= 0.3 is 0 Å². The fourth-order valence-corrected chi connectivity index (χ4v) is 5.99. The number of nitrogens with zero attached hydrogens (tertiary/aromatic N) is 2. The molecule has 0 aliphatic carbocycles. The molecule has 5 rings (SSSR count). The summed E-state index contributed by atoms with van der Waals surface area (Å²) in [5.74, 6) is 0.355. The van der Waals surface area contributed by atoms with E-state index in [0.717, 1.165) is 40.6 Å². The van der Waals surface area contributed by atoms with Crippen molar-refractivity contribution in [1.29, 1.82) is 0 Å². The number of aromatic nitrogens is 2. The van der Waals surface area contributed by atoms with Crippen LogP contribution >= 0.6 is 0 Å². The molecule has 0 spiro atoms. The molecule has 192 valence electrons. The molecule has 1 atom stereocenters. The summed E-state index contributed by atoms with van der Waals surface area (Å²) in [6.45, 7) is 3.43. The molecule has 2 heterocycles. The van der Waals surface area contributed by atoms with Crippen molar-refractivity contribution < 1.29 is 13.2 Å². The summed E-state index contributed by atoms with van der Waals surface area (Å²) in [5, 5.41) is 0. The highest BCUT2D eigenvalue weighted by Gasteiger charge is 2.31. The molecule has 4 aromatic rings. The van der Waals surface area contributed by atoms with Gasteiger partial charge in [0.25, 0.3) is 0 Å². The van der Waals surface area contributed by atoms with Crippen molar-refractivity contribution in [2.45, 2.75) is 37.1 Å². The number of carbonyl (C=O) groups is 1. The van der Waals surface area contributed by atoms with Crippen LogP contribution in [0.4, 0.5) is 5.69 Å². The number of likely N-dealkylation sites (tertiary alicyclic amines) is 1. The second kappa shape index (κ2) is 10.4. The predicted octanol–water partition coefficient (Wildman–Crippen LogP) is 3.96. The van der Waals surface area contributed by atoms with Crippen molar-refractivity contribution in [2.24, 2.45) is 5.92 Å². The van der Waals surface area contributed by atoms with E-state index >= 15 is 0 Å². The normalized spacial score (nSPS) is 15.6. The van der Waals surface area contributed by atoms with Crippen LogP contribution in [0.1, 0.15) is 25.3 Å². The number of anilines is 1. The molecule has 3 aromatic carbocycles. The minimum atomic E-state index is -3.96. The van der Waals surface area contributed by atoms with Crippen LogP contribution in [-0.4, -0.2) is 48.3 Å². The van der Waals surface area contributed by atoms with Gasteiger partial charge in [0.15, 0.2) is 0 Å². The molecule has 1 saturated heterocycles. The SMILES string of the molecule is CC1CCN(C(=O)C(Cc2ccc3nc[nH]c3c2)NS(=O)(=O)c2ccc(-c3ccccc3N)cc2)CC1. The highest BCUT2D eigenvalue weighted by atomic mass is 32.2. The summed E-state index contributed by atoms with van der Waals surface area (Å²) in [4.78, 5) is 22.8. The van der Waals surface area contributed by atoms with Gasteiger partial charge in [0.2, 0.25) is 15.9 Å². The van der Waals surface area contributed by atoms with Gasteiger partial charge in [-0.05, 0) is 66.6 Å². The number of amides is 1. The Hall–Kier alpha value is -3.69. The van der Waals surface area contributed by atoms with E-state index in [1.165, 1.54) is 0 Å². The second-order valence-corrected chi connectivity index (χ2v) is 11.5. The fourth-order valence-electron chi connectivity index (χ4n) is 4.80. The molecule has 4 N–H and O–H groups in total. The summed E-state index contributed by atoms with van der Waals surface area (Å²) >= 11 is 0. The third kappa shape index (κ3) is 5.52. The van der Waals surface area contributed by atoms with Gasteiger partial charge in [0.05, 0.1) is 22.3 Å². The molecule has 1 aromatic heterocycles. The number of rotatable bonds is 7. The number of H-pyrrole nitrogens is 1. The van der Waals surface area contributed by atoms with Crippen LogP contribution in [0.15, 0.2) is 78.0 Å². The first kappa shape index (κ1) is 25.0. The monoisotopic (exact) mass is 517 g/mol. The molecule has 0 saturated carbocycles. The molecule has 0 radical (unpaired) electrons. The van der Waals surface area contributed by atoms with Crippen LogP contribution in [0.3, 0.4) is 0 Å². The maximum atomic E-state index is 13.6. The number of fused-ring (bicyclic) bond motifs is 1. The van der Waals surface area contributed by atoms with Crippen molar-refractivity contribution in [3.63, 3.8) is 0 Å². The molecule has 1 aliphatic heterocycles. The zero-order chi connectivity index (χ0) is 26.0. The Morgan fingerprint density at radius 1 is 1.11 bits per heavy atom. The molecule has 1 fully saturated rings. The third-order valence-corrected chi connectivity index (χ3v) is 8.54. The molecule has 8 nitrogen and oxygen atoms in total.